The summed E-state index contributed by atoms with van der Waals surface area (Å²) in [5.41, 5.74) is 1.94. The van der Waals surface area contributed by atoms with Gasteiger partial charge in [0.2, 0.25) is 5.91 Å². The van der Waals surface area contributed by atoms with Gasteiger partial charge in [0.05, 0.1) is 25.6 Å². The number of alkyl halides is 3. The number of likely N-dealkylation sites (tertiary alicyclic amines) is 1. The van der Waals surface area contributed by atoms with Gasteiger partial charge in [0, 0.05) is 37.2 Å². The van der Waals surface area contributed by atoms with E-state index in [-0.39, 0.29) is 43.6 Å². The molecule has 1 saturated heterocycles. The van der Waals surface area contributed by atoms with Gasteiger partial charge in [0.1, 0.15) is 12.2 Å². The quantitative estimate of drug-likeness (QED) is 0.205. The number of fused-ring (bicyclic) bond motifs is 2. The van der Waals surface area contributed by atoms with Crippen LogP contribution in [-0.2, 0) is 20.8 Å². The highest BCUT2D eigenvalue weighted by atomic mass is 35.5. The lowest BCUT2D eigenvalue weighted by Crippen LogP contribution is -2.55. The molecule has 1 spiro atoms. The molecule has 3 aromatic rings. The lowest BCUT2D eigenvalue weighted by Gasteiger charge is -2.45. The molecule has 2 aliphatic heterocycles. The number of halogens is 7. The minimum absolute atomic E-state index is 0.104. The van der Waals surface area contributed by atoms with E-state index in [9.17, 15) is 22.8 Å². The first kappa shape index (κ1) is 37.9. The lowest BCUT2D eigenvalue weighted by molar-refractivity contribution is -0.161. The molecule has 3 aromatic carbocycles. The maximum Gasteiger partial charge on any atom is 0.415 e. The van der Waals surface area contributed by atoms with Gasteiger partial charge in [-0.2, -0.15) is 13.2 Å². The van der Waals surface area contributed by atoms with Crippen molar-refractivity contribution in [3.63, 3.8) is 0 Å². The number of hydrogen-bond acceptors (Lipinski definition) is 5. The number of thioether (sulfide) groups is 1. The van der Waals surface area contributed by atoms with Crippen molar-refractivity contribution in [1.29, 1.82) is 0 Å². The van der Waals surface area contributed by atoms with E-state index in [1.807, 2.05) is 11.8 Å². The maximum absolute atomic E-state index is 13.8. The molecule has 0 radical (unpaired) electrons. The highest BCUT2D eigenvalue weighted by Crippen LogP contribution is 2.53. The summed E-state index contributed by atoms with van der Waals surface area (Å²) in [6, 6.07) is 17.8. The third kappa shape index (κ3) is 8.76. The molecule has 0 bridgehead atoms. The summed E-state index contributed by atoms with van der Waals surface area (Å²) in [4.78, 5) is 31.4. The number of hydrogen-bond donors (Lipinski definition) is 0. The van der Waals surface area contributed by atoms with E-state index in [4.69, 9.17) is 51.1 Å². The molecule has 49 heavy (non-hydrogen) atoms. The fourth-order valence-electron chi connectivity index (χ4n) is 6.77. The van der Waals surface area contributed by atoms with Crippen LogP contribution < -0.4 is 4.74 Å². The van der Waals surface area contributed by atoms with E-state index in [1.54, 1.807) is 18.2 Å². The van der Waals surface area contributed by atoms with E-state index in [0.29, 0.717) is 18.5 Å². The molecule has 14 heteroatoms. The number of piperidine rings is 1. The maximum atomic E-state index is 13.8. The highest BCUT2D eigenvalue weighted by molar-refractivity contribution is 7.99. The highest BCUT2D eigenvalue weighted by Gasteiger charge is 2.45. The minimum Gasteiger partial charge on any atom is -0.410 e. The van der Waals surface area contributed by atoms with Gasteiger partial charge in [-0.15, -0.1) is 11.8 Å². The standard InChI is InChI=1S/C35H36Cl4F3N3O3S/c1-43(31(46)20-35(40,41)42)22-33(24-8-10-27(36)29(38)18-24,44(2)32(47)48-25-9-11-28(37)30(39)19-25)12-5-15-45-16-13-34(14-17-45)26-7-4-3-6-23(26)21-49-34/h3-4,6-11,18-19H,5,12-17,20-22H2,1-2H3/t33-/m1/s1. The third-order valence-corrected chi connectivity index (χ3v) is 12.6. The predicted molar refractivity (Wildman–Crippen MR) is 191 cm³/mol. The molecule has 2 heterocycles. The molecule has 0 aliphatic carbocycles. The van der Waals surface area contributed by atoms with Crippen LogP contribution in [-0.4, -0.2) is 73.2 Å². The largest absolute Gasteiger partial charge is 0.415 e. The second-order valence-electron chi connectivity index (χ2n) is 12.6. The number of rotatable bonds is 10. The smallest absolute Gasteiger partial charge is 0.410 e. The molecule has 2 aliphatic rings. The number of carbonyl (C=O) groups excluding carboxylic acids is 2. The van der Waals surface area contributed by atoms with Gasteiger partial charge in [0.15, 0.2) is 0 Å². The summed E-state index contributed by atoms with van der Waals surface area (Å²) in [7, 11) is 2.78. The Hall–Kier alpha value is -2.34. The first-order valence-electron chi connectivity index (χ1n) is 15.7. The van der Waals surface area contributed by atoms with Crippen molar-refractivity contribution in [3.05, 3.63) is 97.4 Å². The topological polar surface area (TPSA) is 53.1 Å². The number of carbonyl (C=O) groups is 2. The van der Waals surface area contributed by atoms with Crippen molar-refractivity contribution in [2.45, 2.75) is 54.3 Å². The van der Waals surface area contributed by atoms with Crippen LogP contribution in [0.25, 0.3) is 0 Å². The first-order chi connectivity index (χ1) is 23.1. The van der Waals surface area contributed by atoms with Crippen molar-refractivity contribution < 1.29 is 27.5 Å². The monoisotopic (exact) mass is 775 g/mol. The van der Waals surface area contributed by atoms with Gasteiger partial charge in [-0.1, -0.05) is 76.7 Å². The Morgan fingerprint density at radius 1 is 0.918 bits per heavy atom. The van der Waals surface area contributed by atoms with Crippen LogP contribution in [0.1, 0.15) is 48.8 Å². The number of likely N-dealkylation sites (N-methyl/N-ethyl adjacent to an activating group) is 2. The molecule has 1 atom stereocenters. The summed E-state index contributed by atoms with van der Waals surface area (Å²) in [5, 5.41) is 0.889. The van der Waals surface area contributed by atoms with Gasteiger partial charge in [0.25, 0.3) is 0 Å². The normalized spacial score (nSPS) is 17.0. The average Bonchev–Trinajstić information content (AvgIpc) is 3.41. The van der Waals surface area contributed by atoms with Crippen LogP contribution in [0.2, 0.25) is 20.1 Å². The summed E-state index contributed by atoms with van der Waals surface area (Å²) >= 11 is 26.9. The first-order valence-corrected chi connectivity index (χ1v) is 18.2. The van der Waals surface area contributed by atoms with Crippen molar-refractivity contribution in [2.75, 3.05) is 40.3 Å². The zero-order chi connectivity index (χ0) is 35.6. The van der Waals surface area contributed by atoms with E-state index >= 15 is 0 Å². The van der Waals surface area contributed by atoms with Crippen molar-refractivity contribution in [2.24, 2.45) is 0 Å². The van der Waals surface area contributed by atoms with Gasteiger partial charge in [-0.05, 0) is 86.3 Å². The molecule has 264 valence electrons. The van der Waals surface area contributed by atoms with Crippen molar-refractivity contribution in [1.82, 2.24) is 14.7 Å². The van der Waals surface area contributed by atoms with Crippen LogP contribution in [0.5, 0.6) is 5.75 Å². The van der Waals surface area contributed by atoms with E-state index in [1.165, 1.54) is 48.3 Å². The van der Waals surface area contributed by atoms with E-state index < -0.39 is 30.1 Å². The number of amides is 2. The second kappa shape index (κ2) is 15.5. The summed E-state index contributed by atoms with van der Waals surface area (Å²) in [6.45, 7) is 2.14. The van der Waals surface area contributed by atoms with E-state index in [0.717, 1.165) is 36.6 Å². The predicted octanol–water partition coefficient (Wildman–Crippen LogP) is 10.1. The van der Waals surface area contributed by atoms with Crippen LogP contribution in [0.3, 0.4) is 0 Å². The molecule has 0 N–H and O–H groups in total. The van der Waals surface area contributed by atoms with Crippen molar-refractivity contribution in [3.8, 4) is 5.75 Å². The van der Waals surface area contributed by atoms with Gasteiger partial charge in [-0.25, -0.2) is 4.79 Å². The summed E-state index contributed by atoms with van der Waals surface area (Å²) in [6.07, 6.45) is -4.37. The Labute approximate surface area is 308 Å². The van der Waals surface area contributed by atoms with Crippen LogP contribution in [0.4, 0.5) is 18.0 Å². The van der Waals surface area contributed by atoms with Gasteiger partial charge < -0.3 is 14.5 Å². The molecule has 6 nitrogen and oxygen atoms in total. The molecule has 0 unspecified atom stereocenters. The fraction of sp³-hybridized carbons (Fsp3) is 0.429. The molecule has 1 fully saturated rings. The Morgan fingerprint density at radius 3 is 2.22 bits per heavy atom. The summed E-state index contributed by atoms with van der Waals surface area (Å²) in [5.74, 6) is -0.0172. The van der Waals surface area contributed by atoms with Crippen LogP contribution in [0, 0.1) is 0 Å². The molecular formula is C35H36Cl4F3N3O3S. The number of benzene rings is 3. The average molecular weight is 778 g/mol. The SMILES string of the molecule is CN(C[C@](CCCN1CCC2(CC1)SCc1ccccc12)(c1ccc(Cl)c(Cl)c1)N(C)C(=O)Oc1ccc(Cl)c(Cl)c1)C(=O)CC(F)(F)F. The van der Waals surface area contributed by atoms with E-state index in [2.05, 4.69) is 29.2 Å². The third-order valence-electron chi connectivity index (χ3n) is 9.49. The molecular weight excluding hydrogens is 741 g/mol. The molecule has 0 saturated carbocycles. The Balaban J connectivity index is 1.41. The van der Waals surface area contributed by atoms with Crippen LogP contribution in [0.15, 0.2) is 60.7 Å². The number of nitrogens with zero attached hydrogens (tertiary/aromatic N) is 3. The van der Waals surface area contributed by atoms with Crippen LogP contribution >= 0.6 is 58.2 Å². The van der Waals surface area contributed by atoms with Gasteiger partial charge >= 0.3 is 12.3 Å². The molecule has 5 rings (SSSR count). The molecule has 0 aromatic heterocycles. The summed E-state index contributed by atoms with van der Waals surface area (Å²) < 4.78 is 45.7. The Kier molecular flexibility index (Phi) is 12.0. The second-order valence-corrected chi connectivity index (χ2v) is 15.6. The van der Waals surface area contributed by atoms with Gasteiger partial charge in [-0.3, -0.25) is 9.69 Å². The fourth-order valence-corrected chi connectivity index (χ4v) is 8.87. The zero-order valence-electron chi connectivity index (χ0n) is 27.0. The Morgan fingerprint density at radius 2 is 1.57 bits per heavy atom. The van der Waals surface area contributed by atoms with Crippen molar-refractivity contribution >= 4 is 70.2 Å². The molecule has 2 amide bonds. The lowest BCUT2D eigenvalue weighted by atomic mass is 9.82. The minimum atomic E-state index is -4.71. The Bertz CT molecular complexity index is 1690. The zero-order valence-corrected chi connectivity index (χ0v) is 30.8. The number of ether oxygens (including phenoxy) is 1.